The summed E-state index contributed by atoms with van der Waals surface area (Å²) in [6.45, 7) is 2.36. The van der Waals surface area contributed by atoms with E-state index in [-0.39, 0.29) is 11.5 Å². The van der Waals surface area contributed by atoms with Gasteiger partial charge in [0.1, 0.15) is 10.7 Å². The summed E-state index contributed by atoms with van der Waals surface area (Å²) >= 11 is 0. The maximum Gasteiger partial charge on any atom is 0.265 e. The van der Waals surface area contributed by atoms with E-state index in [1.54, 1.807) is 30.3 Å². The lowest BCUT2D eigenvalue weighted by atomic mass is 10.2. The number of nitrogens with zero attached hydrogens (tertiary/aromatic N) is 1. The largest absolute Gasteiger partial charge is 0.392 e. The van der Waals surface area contributed by atoms with Crippen LogP contribution < -0.4 is 10.0 Å². The Hall–Kier alpha value is -2.12. The molecule has 0 atom stereocenters. The summed E-state index contributed by atoms with van der Waals surface area (Å²) in [6, 6.07) is 9.59. The SMILES string of the molecule is CCNc1ncccc1S(=O)(=O)Nc1ccc(CO)cc1. The second kappa shape index (κ2) is 6.55. The molecule has 6 nitrogen and oxygen atoms in total. The van der Waals surface area contributed by atoms with Crippen LogP contribution in [0, 0.1) is 0 Å². The molecule has 0 aliphatic heterocycles. The van der Waals surface area contributed by atoms with E-state index in [1.165, 1.54) is 12.3 Å². The second-order valence-corrected chi connectivity index (χ2v) is 5.99. The summed E-state index contributed by atoms with van der Waals surface area (Å²) in [4.78, 5) is 4.14. The highest BCUT2D eigenvalue weighted by Crippen LogP contribution is 2.21. The second-order valence-electron chi connectivity index (χ2n) is 4.34. The van der Waals surface area contributed by atoms with Crippen molar-refractivity contribution in [2.45, 2.75) is 18.4 Å². The molecule has 7 heteroatoms. The third-order valence-corrected chi connectivity index (χ3v) is 4.21. The number of hydrogen-bond donors (Lipinski definition) is 3. The molecule has 1 aromatic heterocycles. The first-order chi connectivity index (χ1) is 10.1. The van der Waals surface area contributed by atoms with Crippen molar-refractivity contribution < 1.29 is 13.5 Å². The quantitative estimate of drug-likeness (QED) is 0.757. The molecule has 0 aliphatic rings. The molecule has 0 bridgehead atoms. The number of sulfonamides is 1. The molecule has 0 saturated carbocycles. The zero-order valence-electron chi connectivity index (χ0n) is 11.6. The van der Waals surface area contributed by atoms with Gasteiger partial charge in [-0.3, -0.25) is 4.72 Å². The summed E-state index contributed by atoms with van der Waals surface area (Å²) in [5, 5.41) is 11.9. The van der Waals surface area contributed by atoms with Crippen LogP contribution in [0.25, 0.3) is 0 Å². The maximum absolute atomic E-state index is 12.4. The topological polar surface area (TPSA) is 91.3 Å². The van der Waals surface area contributed by atoms with E-state index < -0.39 is 10.0 Å². The third-order valence-electron chi connectivity index (χ3n) is 2.79. The fraction of sp³-hybridized carbons (Fsp3) is 0.214. The van der Waals surface area contributed by atoms with Crippen LogP contribution in [0.1, 0.15) is 12.5 Å². The Morgan fingerprint density at radius 3 is 2.52 bits per heavy atom. The number of hydrogen-bond acceptors (Lipinski definition) is 5. The van der Waals surface area contributed by atoms with Gasteiger partial charge in [0.15, 0.2) is 0 Å². The van der Waals surface area contributed by atoms with Crippen LogP contribution in [-0.2, 0) is 16.6 Å². The monoisotopic (exact) mass is 307 g/mol. The van der Waals surface area contributed by atoms with Gasteiger partial charge in [-0.1, -0.05) is 12.1 Å². The molecule has 21 heavy (non-hydrogen) atoms. The fourth-order valence-corrected chi connectivity index (χ4v) is 2.99. The Kier molecular flexibility index (Phi) is 4.77. The molecule has 3 N–H and O–H groups in total. The zero-order chi connectivity index (χ0) is 15.3. The van der Waals surface area contributed by atoms with E-state index in [9.17, 15) is 8.42 Å². The van der Waals surface area contributed by atoms with Crippen molar-refractivity contribution in [3.63, 3.8) is 0 Å². The van der Waals surface area contributed by atoms with E-state index in [4.69, 9.17) is 5.11 Å². The average Bonchev–Trinajstić information content (AvgIpc) is 2.48. The molecule has 2 aromatic rings. The molecule has 0 radical (unpaired) electrons. The molecule has 0 aliphatic carbocycles. The van der Waals surface area contributed by atoms with E-state index >= 15 is 0 Å². The molecule has 1 aromatic carbocycles. The number of aliphatic hydroxyl groups is 1. The highest BCUT2D eigenvalue weighted by molar-refractivity contribution is 7.92. The van der Waals surface area contributed by atoms with Crippen LogP contribution in [0.15, 0.2) is 47.5 Å². The zero-order valence-corrected chi connectivity index (χ0v) is 12.4. The Labute approximate surface area is 123 Å². The van der Waals surface area contributed by atoms with Crippen molar-refractivity contribution in [2.75, 3.05) is 16.6 Å². The predicted molar refractivity (Wildman–Crippen MR) is 81.6 cm³/mol. The normalized spacial score (nSPS) is 11.1. The average molecular weight is 307 g/mol. The first-order valence-electron chi connectivity index (χ1n) is 6.48. The molecular weight excluding hydrogens is 290 g/mol. The Morgan fingerprint density at radius 2 is 1.90 bits per heavy atom. The first kappa shape index (κ1) is 15.3. The van der Waals surface area contributed by atoms with Crippen molar-refractivity contribution in [2.24, 2.45) is 0 Å². The first-order valence-corrected chi connectivity index (χ1v) is 7.96. The minimum Gasteiger partial charge on any atom is -0.392 e. The molecule has 2 rings (SSSR count). The standard InChI is InChI=1S/C14H17N3O3S/c1-2-15-14-13(4-3-9-16-14)21(19,20)17-12-7-5-11(10-18)6-8-12/h3-9,17-18H,2,10H2,1H3,(H,15,16). The lowest BCUT2D eigenvalue weighted by Crippen LogP contribution is -2.16. The van der Waals surface area contributed by atoms with Gasteiger partial charge in [-0.2, -0.15) is 0 Å². The number of nitrogens with one attached hydrogen (secondary N) is 2. The van der Waals surface area contributed by atoms with Crippen LogP contribution in [0.2, 0.25) is 0 Å². The Balaban J connectivity index is 2.29. The van der Waals surface area contributed by atoms with Crippen molar-refractivity contribution in [3.05, 3.63) is 48.2 Å². The van der Waals surface area contributed by atoms with Crippen molar-refractivity contribution in [1.82, 2.24) is 4.98 Å². The van der Waals surface area contributed by atoms with E-state index in [0.717, 1.165) is 0 Å². The van der Waals surface area contributed by atoms with E-state index in [2.05, 4.69) is 15.0 Å². The van der Waals surface area contributed by atoms with Gasteiger partial charge in [-0.25, -0.2) is 13.4 Å². The highest BCUT2D eigenvalue weighted by Gasteiger charge is 2.19. The van der Waals surface area contributed by atoms with Gasteiger partial charge in [-0.05, 0) is 36.8 Å². The number of anilines is 2. The predicted octanol–water partition coefficient (Wildman–Crippen LogP) is 1.81. The van der Waals surface area contributed by atoms with Crippen LogP contribution in [-0.4, -0.2) is 25.1 Å². The smallest absolute Gasteiger partial charge is 0.265 e. The van der Waals surface area contributed by atoms with Crippen molar-refractivity contribution in [3.8, 4) is 0 Å². The van der Waals surface area contributed by atoms with Crippen molar-refractivity contribution >= 4 is 21.5 Å². The fourth-order valence-electron chi connectivity index (χ4n) is 1.80. The summed E-state index contributed by atoms with van der Waals surface area (Å²) < 4.78 is 27.3. The highest BCUT2D eigenvalue weighted by atomic mass is 32.2. The Morgan fingerprint density at radius 1 is 1.19 bits per heavy atom. The van der Waals surface area contributed by atoms with Crippen LogP contribution in [0.5, 0.6) is 0 Å². The molecule has 0 amide bonds. The number of pyridine rings is 1. The van der Waals surface area contributed by atoms with Gasteiger partial charge in [0.05, 0.1) is 6.61 Å². The summed E-state index contributed by atoms with van der Waals surface area (Å²) in [5.41, 5.74) is 1.14. The van der Waals surface area contributed by atoms with Crippen LogP contribution >= 0.6 is 0 Å². The molecule has 0 fully saturated rings. The van der Waals surface area contributed by atoms with Crippen LogP contribution in [0.4, 0.5) is 11.5 Å². The minimum absolute atomic E-state index is 0.0831. The molecule has 0 saturated heterocycles. The summed E-state index contributed by atoms with van der Waals surface area (Å²) in [7, 11) is -3.72. The van der Waals surface area contributed by atoms with E-state index in [0.29, 0.717) is 23.6 Å². The van der Waals surface area contributed by atoms with Gasteiger partial charge in [-0.15, -0.1) is 0 Å². The van der Waals surface area contributed by atoms with E-state index in [1.807, 2.05) is 6.92 Å². The van der Waals surface area contributed by atoms with Gasteiger partial charge >= 0.3 is 0 Å². The molecule has 0 unspecified atom stereocenters. The number of aliphatic hydroxyl groups excluding tert-OH is 1. The van der Waals surface area contributed by atoms with Gasteiger partial charge < -0.3 is 10.4 Å². The molecule has 1 heterocycles. The van der Waals surface area contributed by atoms with Crippen molar-refractivity contribution in [1.29, 1.82) is 0 Å². The third kappa shape index (κ3) is 3.71. The lowest BCUT2D eigenvalue weighted by Gasteiger charge is -2.12. The lowest BCUT2D eigenvalue weighted by molar-refractivity contribution is 0.282. The summed E-state index contributed by atoms with van der Waals surface area (Å²) in [5.74, 6) is 0.319. The van der Waals surface area contributed by atoms with Gasteiger partial charge in [0, 0.05) is 18.4 Å². The summed E-state index contributed by atoms with van der Waals surface area (Å²) in [6.07, 6.45) is 1.53. The maximum atomic E-state index is 12.4. The minimum atomic E-state index is -3.72. The number of rotatable bonds is 6. The molecular formula is C14H17N3O3S. The van der Waals surface area contributed by atoms with Crippen LogP contribution in [0.3, 0.4) is 0 Å². The van der Waals surface area contributed by atoms with Gasteiger partial charge in [0.2, 0.25) is 0 Å². The Bertz CT molecular complexity index is 700. The van der Waals surface area contributed by atoms with Gasteiger partial charge in [0.25, 0.3) is 10.0 Å². The molecule has 0 spiro atoms. The number of benzene rings is 1. The number of aromatic nitrogens is 1. The molecule has 112 valence electrons.